The average molecular weight is 291 g/mol. The van der Waals surface area contributed by atoms with Gasteiger partial charge in [0.15, 0.2) is 0 Å². The van der Waals surface area contributed by atoms with Crippen molar-refractivity contribution in [3.63, 3.8) is 0 Å². The summed E-state index contributed by atoms with van der Waals surface area (Å²) in [6.07, 6.45) is 0.300. The van der Waals surface area contributed by atoms with Gasteiger partial charge < -0.3 is 4.74 Å². The minimum absolute atomic E-state index is 0.0256. The number of hydrogen-bond acceptors (Lipinski definition) is 7. The van der Waals surface area contributed by atoms with E-state index >= 15 is 0 Å². The summed E-state index contributed by atoms with van der Waals surface area (Å²) in [5, 5.41) is 8.39. The number of phosphoric ester groups is 1. The Morgan fingerprint density at radius 1 is 1.21 bits per heavy atom. The van der Waals surface area contributed by atoms with Gasteiger partial charge in [0.2, 0.25) is 0 Å². The topological polar surface area (TPSA) is 94.9 Å². The van der Waals surface area contributed by atoms with E-state index in [0.29, 0.717) is 6.42 Å². The number of esters is 1. The zero-order chi connectivity index (χ0) is 14.7. The molecule has 0 rings (SSSR count). The van der Waals surface area contributed by atoms with Crippen molar-refractivity contribution in [2.24, 2.45) is 0 Å². The van der Waals surface area contributed by atoms with Crippen LogP contribution in [0.2, 0.25) is 0 Å². The zero-order valence-corrected chi connectivity index (χ0v) is 12.0. The molecule has 8 heteroatoms. The molecule has 0 unspecified atom stereocenters. The lowest BCUT2D eigenvalue weighted by Gasteiger charge is -2.16. The fourth-order valence-corrected chi connectivity index (χ4v) is 2.17. The van der Waals surface area contributed by atoms with Crippen LogP contribution in [0, 0.1) is 11.3 Å². The van der Waals surface area contributed by atoms with Gasteiger partial charge in [0.25, 0.3) is 0 Å². The van der Waals surface area contributed by atoms with Gasteiger partial charge in [-0.1, -0.05) is 6.58 Å². The number of carbonyl (C=O) groups excluding carboxylic acids is 1. The summed E-state index contributed by atoms with van der Waals surface area (Å²) in [5.41, 5.74) is -0.268. The van der Waals surface area contributed by atoms with Crippen LogP contribution in [0.15, 0.2) is 12.2 Å². The van der Waals surface area contributed by atoms with Crippen molar-refractivity contribution in [1.82, 2.24) is 0 Å². The van der Waals surface area contributed by atoms with E-state index in [9.17, 15) is 9.36 Å². The maximum Gasteiger partial charge on any atom is 0.474 e. The molecular formula is C11H18NO6P. The van der Waals surface area contributed by atoms with Gasteiger partial charge in [-0.3, -0.25) is 13.6 Å². The highest BCUT2D eigenvalue weighted by molar-refractivity contribution is 7.48. The minimum atomic E-state index is -3.52. The van der Waals surface area contributed by atoms with Gasteiger partial charge in [-0.05, 0) is 13.8 Å². The molecule has 0 saturated heterocycles. The Morgan fingerprint density at radius 3 is 2.26 bits per heavy atom. The predicted molar refractivity (Wildman–Crippen MR) is 67.1 cm³/mol. The number of hydrogen-bond donors (Lipinski definition) is 0. The quantitative estimate of drug-likeness (QED) is 0.200. The molecule has 0 aliphatic carbocycles. The summed E-state index contributed by atoms with van der Waals surface area (Å²) in [5.74, 6) is -0.778. The molecule has 0 atom stereocenters. The molecule has 0 aromatic rings. The normalized spacial score (nSPS) is 10.8. The Bertz CT molecular complexity index is 379. The molecule has 0 N–H and O–H groups in total. The van der Waals surface area contributed by atoms with E-state index in [1.54, 1.807) is 19.9 Å². The van der Waals surface area contributed by atoms with Crippen LogP contribution in [0.5, 0.6) is 0 Å². The zero-order valence-electron chi connectivity index (χ0n) is 11.1. The van der Waals surface area contributed by atoms with Gasteiger partial charge in [-0.2, -0.15) is 5.26 Å². The van der Waals surface area contributed by atoms with Crippen molar-refractivity contribution in [2.75, 3.05) is 26.4 Å². The SMILES string of the molecule is C=C(C#N)C(=O)OCCCOP(=O)(OCC)OCC. The van der Waals surface area contributed by atoms with E-state index < -0.39 is 13.8 Å². The average Bonchev–Trinajstić information content (AvgIpc) is 2.37. The van der Waals surface area contributed by atoms with Crippen LogP contribution in [0.4, 0.5) is 0 Å². The molecule has 0 aliphatic rings. The molecule has 0 bridgehead atoms. The summed E-state index contributed by atoms with van der Waals surface area (Å²) in [7, 11) is -3.52. The Hall–Kier alpha value is -1.19. The van der Waals surface area contributed by atoms with Gasteiger partial charge in [-0.15, -0.1) is 0 Å². The molecule has 0 aliphatic heterocycles. The van der Waals surface area contributed by atoms with Crippen LogP contribution in [0.1, 0.15) is 20.3 Å². The van der Waals surface area contributed by atoms with Gasteiger partial charge in [0.1, 0.15) is 11.6 Å². The van der Waals surface area contributed by atoms with Crippen molar-refractivity contribution in [3.8, 4) is 6.07 Å². The van der Waals surface area contributed by atoms with E-state index in [4.69, 9.17) is 23.6 Å². The second-order valence-electron chi connectivity index (χ2n) is 3.20. The Kier molecular flexibility index (Phi) is 9.09. The molecule has 0 aromatic heterocycles. The lowest BCUT2D eigenvalue weighted by Crippen LogP contribution is -2.09. The Labute approximate surface area is 112 Å². The highest BCUT2D eigenvalue weighted by Gasteiger charge is 2.24. The molecule has 19 heavy (non-hydrogen) atoms. The summed E-state index contributed by atoms with van der Waals surface area (Å²) < 4.78 is 31.4. The highest BCUT2D eigenvalue weighted by Crippen LogP contribution is 2.49. The monoisotopic (exact) mass is 291 g/mol. The van der Waals surface area contributed by atoms with Crippen LogP contribution in [0.25, 0.3) is 0 Å². The highest BCUT2D eigenvalue weighted by atomic mass is 31.2. The first-order valence-electron chi connectivity index (χ1n) is 5.78. The number of nitrogens with zero attached hydrogens (tertiary/aromatic N) is 1. The first-order valence-corrected chi connectivity index (χ1v) is 7.25. The van der Waals surface area contributed by atoms with Crippen molar-refractivity contribution in [1.29, 1.82) is 5.26 Å². The first kappa shape index (κ1) is 17.8. The van der Waals surface area contributed by atoms with Gasteiger partial charge in [-0.25, -0.2) is 9.36 Å². The van der Waals surface area contributed by atoms with Gasteiger partial charge in [0.05, 0.1) is 26.4 Å². The van der Waals surface area contributed by atoms with Crippen LogP contribution < -0.4 is 0 Å². The fourth-order valence-electron chi connectivity index (χ4n) is 0.961. The maximum absolute atomic E-state index is 11.8. The van der Waals surface area contributed by atoms with Gasteiger partial charge >= 0.3 is 13.8 Å². The lowest BCUT2D eigenvalue weighted by molar-refractivity contribution is -0.138. The van der Waals surface area contributed by atoms with E-state index in [2.05, 4.69) is 6.58 Å². The van der Waals surface area contributed by atoms with E-state index in [-0.39, 0.29) is 32.0 Å². The third kappa shape index (κ3) is 7.75. The number of phosphoric acid groups is 1. The lowest BCUT2D eigenvalue weighted by atomic mass is 10.3. The Morgan fingerprint density at radius 2 is 1.79 bits per heavy atom. The second-order valence-corrected chi connectivity index (χ2v) is 4.86. The Balaban J connectivity index is 3.90. The molecule has 0 aromatic carbocycles. The van der Waals surface area contributed by atoms with Crippen molar-refractivity contribution in [2.45, 2.75) is 20.3 Å². The van der Waals surface area contributed by atoms with E-state index in [1.807, 2.05) is 0 Å². The molecule has 0 fully saturated rings. The smallest absolute Gasteiger partial charge is 0.461 e. The van der Waals surface area contributed by atoms with Crippen molar-refractivity contribution < 1.29 is 27.7 Å². The van der Waals surface area contributed by atoms with Crippen LogP contribution in [-0.4, -0.2) is 32.4 Å². The first-order chi connectivity index (χ1) is 8.99. The second kappa shape index (κ2) is 9.70. The summed E-state index contributed by atoms with van der Waals surface area (Å²) >= 11 is 0. The number of carbonyl (C=O) groups is 1. The number of nitriles is 1. The van der Waals surface area contributed by atoms with Crippen LogP contribution in [-0.2, 0) is 27.7 Å². The van der Waals surface area contributed by atoms with Crippen LogP contribution >= 0.6 is 7.82 Å². The standard InChI is InChI=1S/C11H18NO6P/c1-4-16-19(14,17-5-2)18-8-6-7-15-11(13)10(3)9-12/h3-8H2,1-2H3. The third-order valence-electron chi connectivity index (χ3n) is 1.73. The molecule has 0 heterocycles. The molecule has 108 valence electrons. The molecular weight excluding hydrogens is 273 g/mol. The summed E-state index contributed by atoms with van der Waals surface area (Å²) in [4.78, 5) is 11.0. The molecule has 7 nitrogen and oxygen atoms in total. The summed E-state index contributed by atoms with van der Waals surface area (Å²) in [6.45, 7) is 7.03. The maximum atomic E-state index is 11.8. The van der Waals surface area contributed by atoms with Gasteiger partial charge in [0, 0.05) is 6.42 Å². The van der Waals surface area contributed by atoms with Crippen LogP contribution in [0.3, 0.4) is 0 Å². The molecule has 0 amide bonds. The summed E-state index contributed by atoms with van der Waals surface area (Å²) in [6, 6.07) is 1.58. The number of rotatable bonds is 10. The van der Waals surface area contributed by atoms with Crippen molar-refractivity contribution in [3.05, 3.63) is 12.2 Å². The molecule has 0 radical (unpaired) electrons. The van der Waals surface area contributed by atoms with Crippen molar-refractivity contribution >= 4 is 13.8 Å². The van der Waals surface area contributed by atoms with E-state index in [1.165, 1.54) is 0 Å². The fraction of sp³-hybridized carbons (Fsp3) is 0.636. The third-order valence-corrected chi connectivity index (χ3v) is 3.37. The molecule has 0 spiro atoms. The molecule has 0 saturated carbocycles. The minimum Gasteiger partial charge on any atom is -0.461 e. The number of ether oxygens (including phenoxy) is 1. The van der Waals surface area contributed by atoms with E-state index in [0.717, 1.165) is 0 Å². The predicted octanol–water partition coefficient (Wildman–Crippen LogP) is 2.20. The largest absolute Gasteiger partial charge is 0.474 e.